The molecule has 144 valence electrons. The van der Waals surface area contributed by atoms with Crippen LogP contribution in [0.15, 0.2) is 47.4 Å². The van der Waals surface area contributed by atoms with Gasteiger partial charge in [0.25, 0.3) is 15.9 Å². The quantitative estimate of drug-likeness (QED) is 0.788. The van der Waals surface area contributed by atoms with Crippen LogP contribution in [-0.2, 0) is 16.4 Å². The summed E-state index contributed by atoms with van der Waals surface area (Å²) in [6.45, 7) is 4.36. The van der Waals surface area contributed by atoms with Crippen molar-refractivity contribution in [1.29, 1.82) is 0 Å². The Labute approximate surface area is 165 Å². The molecule has 0 saturated carbocycles. The maximum absolute atomic E-state index is 13.2. The Morgan fingerprint density at radius 2 is 1.89 bits per heavy atom. The predicted molar refractivity (Wildman–Crippen MR) is 108 cm³/mol. The number of carbonyl (C=O) groups excluding carboxylic acids is 1. The molecule has 1 amide bonds. The summed E-state index contributed by atoms with van der Waals surface area (Å²) in [5, 5.41) is 3.04. The second-order valence-electron chi connectivity index (χ2n) is 6.59. The van der Waals surface area contributed by atoms with Gasteiger partial charge in [-0.3, -0.25) is 9.10 Å². The molecule has 0 aliphatic carbocycles. The van der Waals surface area contributed by atoms with E-state index in [9.17, 15) is 13.2 Å². The second-order valence-corrected chi connectivity index (χ2v) is 8.83. The average Bonchev–Trinajstić information content (AvgIpc) is 3.11. The van der Waals surface area contributed by atoms with Crippen molar-refractivity contribution in [2.24, 2.45) is 0 Å². The molecule has 0 unspecified atom stereocenters. The Morgan fingerprint density at radius 1 is 1.19 bits per heavy atom. The Morgan fingerprint density at radius 3 is 2.59 bits per heavy atom. The molecule has 0 radical (unpaired) electrons. The molecule has 1 aliphatic rings. The number of hydrogen-bond donors (Lipinski definition) is 1. The fourth-order valence-corrected chi connectivity index (χ4v) is 5.29. The number of amides is 1. The number of rotatable bonds is 6. The largest absolute Gasteiger partial charge is 0.349 e. The smallest absolute Gasteiger partial charge is 0.265 e. The summed E-state index contributed by atoms with van der Waals surface area (Å²) in [5.41, 5.74) is 1.94. The first-order valence-electron chi connectivity index (χ1n) is 9.09. The number of fused-ring (bicyclic) bond motifs is 1. The zero-order valence-corrected chi connectivity index (χ0v) is 17.0. The number of benzene rings is 2. The summed E-state index contributed by atoms with van der Waals surface area (Å²) in [4.78, 5) is 12.5. The monoisotopic (exact) mass is 406 g/mol. The summed E-state index contributed by atoms with van der Waals surface area (Å²) < 4.78 is 27.8. The van der Waals surface area contributed by atoms with Gasteiger partial charge in [-0.2, -0.15) is 0 Å². The van der Waals surface area contributed by atoms with E-state index in [1.807, 2.05) is 32.0 Å². The lowest BCUT2D eigenvalue weighted by molar-refractivity contribution is 0.0934. The Kier molecular flexibility index (Phi) is 5.77. The molecule has 1 aliphatic heterocycles. The highest BCUT2D eigenvalue weighted by Crippen LogP contribution is 2.35. The van der Waals surface area contributed by atoms with Crippen LogP contribution in [-0.4, -0.2) is 26.9 Å². The van der Waals surface area contributed by atoms with E-state index in [1.165, 1.54) is 16.4 Å². The second kappa shape index (κ2) is 7.90. The van der Waals surface area contributed by atoms with Crippen LogP contribution in [0.1, 0.15) is 42.6 Å². The van der Waals surface area contributed by atoms with Crippen molar-refractivity contribution in [3.05, 3.63) is 58.6 Å². The SMILES string of the molecule is CCC(CC)NC(=O)c1ccc(Cl)c(S(=O)(=O)N2CCc3ccccc32)c1. The van der Waals surface area contributed by atoms with E-state index in [0.717, 1.165) is 18.4 Å². The summed E-state index contributed by atoms with van der Waals surface area (Å²) >= 11 is 6.21. The van der Waals surface area contributed by atoms with E-state index in [4.69, 9.17) is 11.6 Å². The van der Waals surface area contributed by atoms with Crippen LogP contribution >= 0.6 is 11.6 Å². The topological polar surface area (TPSA) is 66.5 Å². The summed E-state index contributed by atoms with van der Waals surface area (Å²) in [6, 6.07) is 11.9. The lowest BCUT2D eigenvalue weighted by atomic mass is 10.1. The minimum absolute atomic E-state index is 0.0435. The molecule has 1 N–H and O–H groups in total. The highest BCUT2D eigenvalue weighted by Gasteiger charge is 2.32. The van der Waals surface area contributed by atoms with Crippen molar-refractivity contribution in [3.8, 4) is 0 Å². The van der Waals surface area contributed by atoms with Crippen molar-refractivity contribution >= 4 is 33.2 Å². The minimum Gasteiger partial charge on any atom is -0.349 e. The van der Waals surface area contributed by atoms with Gasteiger partial charge in [-0.05, 0) is 49.1 Å². The molecular weight excluding hydrogens is 384 g/mol. The summed E-state index contributed by atoms with van der Waals surface area (Å²) in [7, 11) is -3.86. The first-order chi connectivity index (χ1) is 12.9. The van der Waals surface area contributed by atoms with Crippen LogP contribution in [0.5, 0.6) is 0 Å². The predicted octanol–water partition coefficient (Wildman–Crippen LogP) is 4.01. The van der Waals surface area contributed by atoms with Crippen LogP contribution in [0, 0.1) is 0 Å². The van der Waals surface area contributed by atoms with Gasteiger partial charge in [0.2, 0.25) is 0 Å². The van der Waals surface area contributed by atoms with Crippen molar-refractivity contribution in [2.45, 2.75) is 44.0 Å². The van der Waals surface area contributed by atoms with Crippen LogP contribution in [0.2, 0.25) is 5.02 Å². The molecule has 27 heavy (non-hydrogen) atoms. The normalized spacial score (nSPS) is 13.7. The van der Waals surface area contributed by atoms with Gasteiger partial charge in [-0.25, -0.2) is 8.42 Å². The van der Waals surface area contributed by atoms with Crippen LogP contribution in [0.4, 0.5) is 5.69 Å². The van der Waals surface area contributed by atoms with Crippen molar-refractivity contribution in [1.82, 2.24) is 5.32 Å². The molecular formula is C20H23ClN2O3S. The van der Waals surface area contributed by atoms with Crippen molar-refractivity contribution < 1.29 is 13.2 Å². The molecule has 0 aromatic heterocycles. The van der Waals surface area contributed by atoms with E-state index < -0.39 is 10.0 Å². The van der Waals surface area contributed by atoms with Gasteiger partial charge in [0.15, 0.2) is 0 Å². The van der Waals surface area contributed by atoms with Gasteiger partial charge in [-0.1, -0.05) is 43.6 Å². The van der Waals surface area contributed by atoms with Gasteiger partial charge in [0.1, 0.15) is 4.90 Å². The maximum atomic E-state index is 13.2. The number of hydrogen-bond acceptors (Lipinski definition) is 3. The van der Waals surface area contributed by atoms with E-state index in [0.29, 0.717) is 18.7 Å². The molecule has 0 bridgehead atoms. The number of halogens is 1. The molecule has 3 rings (SSSR count). The molecule has 7 heteroatoms. The van der Waals surface area contributed by atoms with E-state index in [1.54, 1.807) is 12.1 Å². The highest BCUT2D eigenvalue weighted by molar-refractivity contribution is 7.93. The summed E-state index contributed by atoms with van der Waals surface area (Å²) in [6.07, 6.45) is 2.28. The highest BCUT2D eigenvalue weighted by atomic mass is 35.5. The number of carbonyl (C=O) groups is 1. The minimum atomic E-state index is -3.86. The number of nitrogens with one attached hydrogen (secondary N) is 1. The Bertz CT molecular complexity index is 955. The number of para-hydroxylation sites is 1. The molecule has 0 fully saturated rings. The van der Waals surface area contributed by atoms with Crippen molar-refractivity contribution in [2.75, 3.05) is 10.8 Å². The third-order valence-electron chi connectivity index (χ3n) is 4.93. The van der Waals surface area contributed by atoms with E-state index in [2.05, 4.69) is 5.32 Å². The molecule has 0 spiro atoms. The first-order valence-corrected chi connectivity index (χ1v) is 10.9. The van der Waals surface area contributed by atoms with Gasteiger partial charge in [-0.15, -0.1) is 0 Å². The maximum Gasteiger partial charge on any atom is 0.265 e. The fraction of sp³-hybridized carbons (Fsp3) is 0.350. The molecule has 1 heterocycles. The lowest BCUT2D eigenvalue weighted by Crippen LogP contribution is -2.34. The number of anilines is 1. The van der Waals surface area contributed by atoms with Crippen LogP contribution in [0.3, 0.4) is 0 Å². The zero-order valence-electron chi connectivity index (χ0n) is 15.4. The Hall–Kier alpha value is -2.05. The van der Waals surface area contributed by atoms with Crippen molar-refractivity contribution in [3.63, 3.8) is 0 Å². The van der Waals surface area contributed by atoms with E-state index in [-0.39, 0.29) is 27.4 Å². The third kappa shape index (κ3) is 3.82. The van der Waals surface area contributed by atoms with Gasteiger partial charge < -0.3 is 5.32 Å². The third-order valence-corrected chi connectivity index (χ3v) is 7.22. The molecule has 2 aromatic rings. The first kappa shape index (κ1) is 19.7. The van der Waals surface area contributed by atoms with Crippen LogP contribution in [0.25, 0.3) is 0 Å². The molecule has 5 nitrogen and oxygen atoms in total. The standard InChI is InChI=1S/C20H23ClN2O3S/c1-3-16(4-2)22-20(24)15-9-10-17(21)19(13-15)27(25,26)23-12-11-14-7-5-6-8-18(14)23/h5-10,13,16H,3-4,11-12H2,1-2H3,(H,22,24). The fourth-order valence-electron chi connectivity index (χ4n) is 3.28. The average molecular weight is 407 g/mol. The van der Waals surface area contributed by atoms with Crippen LogP contribution < -0.4 is 9.62 Å². The van der Waals surface area contributed by atoms with Gasteiger partial charge in [0, 0.05) is 18.2 Å². The lowest BCUT2D eigenvalue weighted by Gasteiger charge is -2.21. The van der Waals surface area contributed by atoms with E-state index >= 15 is 0 Å². The number of sulfonamides is 1. The molecule has 2 aromatic carbocycles. The molecule has 0 atom stereocenters. The summed E-state index contributed by atoms with van der Waals surface area (Å²) in [5.74, 6) is -0.293. The molecule has 0 saturated heterocycles. The van der Waals surface area contributed by atoms with Gasteiger partial charge >= 0.3 is 0 Å². The number of nitrogens with zero attached hydrogens (tertiary/aromatic N) is 1. The Balaban J connectivity index is 1.96. The van der Waals surface area contributed by atoms with Gasteiger partial charge in [0.05, 0.1) is 10.7 Å². The zero-order chi connectivity index (χ0) is 19.6.